The summed E-state index contributed by atoms with van der Waals surface area (Å²) in [4.78, 5) is 30.3. The number of carbonyl (C=O) groups excluding carboxylic acids is 2. The molecule has 0 aromatic heterocycles. The third kappa shape index (κ3) is 2.95. The zero-order valence-corrected chi connectivity index (χ0v) is 18.5. The average Bonchev–Trinajstić information content (AvgIpc) is 3.56. The van der Waals surface area contributed by atoms with E-state index in [0.29, 0.717) is 23.0 Å². The second-order valence-corrected chi connectivity index (χ2v) is 8.69. The second kappa shape index (κ2) is 7.40. The summed E-state index contributed by atoms with van der Waals surface area (Å²) < 4.78 is 17.4. The van der Waals surface area contributed by atoms with Crippen LogP contribution in [0.2, 0.25) is 0 Å². The van der Waals surface area contributed by atoms with Crippen molar-refractivity contribution in [1.29, 1.82) is 0 Å². The maximum atomic E-state index is 13.7. The Bertz CT molecular complexity index is 1250. The Hall–Kier alpha value is -3.74. The predicted octanol–water partition coefficient (Wildman–Crippen LogP) is 3.76. The van der Waals surface area contributed by atoms with Crippen LogP contribution in [0.4, 0.5) is 0 Å². The molecule has 3 aliphatic heterocycles. The van der Waals surface area contributed by atoms with Gasteiger partial charge in [-0.3, -0.25) is 14.5 Å². The molecule has 2 atom stereocenters. The highest BCUT2D eigenvalue weighted by atomic mass is 16.7. The minimum absolute atomic E-state index is 0.0324. The summed E-state index contributed by atoms with van der Waals surface area (Å²) in [7, 11) is 0. The second-order valence-electron chi connectivity index (χ2n) is 8.69. The van der Waals surface area contributed by atoms with E-state index in [0.717, 1.165) is 29.5 Å². The van der Waals surface area contributed by atoms with E-state index in [1.807, 2.05) is 50.2 Å². The van der Waals surface area contributed by atoms with Crippen LogP contribution in [0, 0.1) is 0 Å². The standard InChI is InChI=1S/C26H24N2O5/c1-3-15(2)27-13-22(29)28-23(25(27)30)24(19-10-8-16-6-4-5-7-18(16)19)33-26(28)17-9-11-20-21(12-17)32-14-31-20/h4-7,9-12,15,26H,3,8,13-14H2,1-2H3/t15-,26+/m1/s1. The lowest BCUT2D eigenvalue weighted by atomic mass is 10.0. The molecule has 2 amide bonds. The van der Waals surface area contributed by atoms with Gasteiger partial charge in [0, 0.05) is 17.2 Å². The van der Waals surface area contributed by atoms with Crippen LogP contribution in [0.5, 0.6) is 11.5 Å². The SMILES string of the molecule is CC[C@@H](C)N1CC(=O)N2C(=C(C3=CCc4ccccc43)O[C@H]2c2ccc3c(c2)OCO3)C1=O. The van der Waals surface area contributed by atoms with Gasteiger partial charge in [-0.2, -0.15) is 0 Å². The van der Waals surface area contributed by atoms with E-state index in [1.54, 1.807) is 4.90 Å². The van der Waals surface area contributed by atoms with Gasteiger partial charge in [0.25, 0.3) is 5.91 Å². The van der Waals surface area contributed by atoms with Crippen LogP contribution in [0.3, 0.4) is 0 Å². The highest BCUT2D eigenvalue weighted by Gasteiger charge is 2.49. The monoisotopic (exact) mass is 444 g/mol. The summed E-state index contributed by atoms with van der Waals surface area (Å²) in [5.41, 5.74) is 4.12. The molecule has 7 nitrogen and oxygen atoms in total. The van der Waals surface area contributed by atoms with Crippen molar-refractivity contribution < 1.29 is 23.8 Å². The first kappa shape index (κ1) is 19.9. The fraction of sp³-hybridized carbons (Fsp3) is 0.308. The Morgan fingerprint density at radius 1 is 1.09 bits per heavy atom. The van der Waals surface area contributed by atoms with Crippen LogP contribution in [0.25, 0.3) is 5.57 Å². The Morgan fingerprint density at radius 2 is 1.91 bits per heavy atom. The number of hydrogen-bond donors (Lipinski definition) is 0. The number of hydrogen-bond acceptors (Lipinski definition) is 5. The zero-order chi connectivity index (χ0) is 22.7. The quantitative estimate of drug-likeness (QED) is 0.718. The summed E-state index contributed by atoms with van der Waals surface area (Å²) in [6.45, 7) is 4.18. The summed E-state index contributed by atoms with van der Waals surface area (Å²) in [5.74, 6) is 1.39. The van der Waals surface area contributed by atoms with Gasteiger partial charge < -0.3 is 19.1 Å². The van der Waals surface area contributed by atoms with Gasteiger partial charge >= 0.3 is 0 Å². The third-order valence-electron chi connectivity index (χ3n) is 6.84. The van der Waals surface area contributed by atoms with Crippen molar-refractivity contribution in [2.45, 2.75) is 39.0 Å². The van der Waals surface area contributed by atoms with E-state index < -0.39 is 6.23 Å². The molecule has 4 aliphatic rings. The molecule has 0 bridgehead atoms. The van der Waals surface area contributed by atoms with Crippen LogP contribution in [0.1, 0.15) is 43.2 Å². The number of ether oxygens (including phenoxy) is 3. The number of amides is 2. The normalized spacial score (nSPS) is 21.8. The van der Waals surface area contributed by atoms with Gasteiger partial charge in [-0.15, -0.1) is 0 Å². The lowest BCUT2D eigenvalue weighted by molar-refractivity contribution is -0.151. The molecular weight excluding hydrogens is 420 g/mol. The minimum atomic E-state index is -0.742. The molecule has 2 aromatic rings. The van der Waals surface area contributed by atoms with Crippen LogP contribution in [-0.4, -0.2) is 41.0 Å². The topological polar surface area (TPSA) is 68.3 Å². The Kier molecular flexibility index (Phi) is 4.47. The van der Waals surface area contributed by atoms with E-state index in [4.69, 9.17) is 14.2 Å². The number of piperazine rings is 1. The van der Waals surface area contributed by atoms with Crippen molar-refractivity contribution in [3.63, 3.8) is 0 Å². The number of rotatable bonds is 4. The zero-order valence-electron chi connectivity index (χ0n) is 18.5. The molecule has 33 heavy (non-hydrogen) atoms. The van der Waals surface area contributed by atoms with Crippen molar-refractivity contribution >= 4 is 17.4 Å². The molecule has 0 spiro atoms. The van der Waals surface area contributed by atoms with E-state index >= 15 is 0 Å². The molecule has 0 saturated carbocycles. The molecule has 0 unspecified atom stereocenters. The molecule has 168 valence electrons. The lowest BCUT2D eigenvalue weighted by Gasteiger charge is -2.37. The Balaban J connectivity index is 1.47. The summed E-state index contributed by atoms with van der Waals surface area (Å²) in [6.07, 6.45) is 2.86. The molecule has 7 heteroatoms. The molecule has 3 heterocycles. The van der Waals surface area contributed by atoms with Gasteiger partial charge in [0.05, 0.1) is 0 Å². The van der Waals surface area contributed by atoms with E-state index in [9.17, 15) is 9.59 Å². The van der Waals surface area contributed by atoms with Crippen molar-refractivity contribution in [3.8, 4) is 11.5 Å². The first-order chi connectivity index (χ1) is 16.1. The molecule has 6 rings (SSSR count). The lowest BCUT2D eigenvalue weighted by Crippen LogP contribution is -2.54. The van der Waals surface area contributed by atoms with Gasteiger partial charge in [0.1, 0.15) is 6.54 Å². The van der Waals surface area contributed by atoms with Crippen LogP contribution < -0.4 is 9.47 Å². The molecule has 2 aromatic carbocycles. The van der Waals surface area contributed by atoms with E-state index in [-0.39, 0.29) is 31.2 Å². The Labute approximate surface area is 191 Å². The first-order valence-corrected chi connectivity index (χ1v) is 11.3. The first-order valence-electron chi connectivity index (χ1n) is 11.3. The molecule has 1 aliphatic carbocycles. The van der Waals surface area contributed by atoms with Crippen LogP contribution >= 0.6 is 0 Å². The highest BCUT2D eigenvalue weighted by molar-refractivity contribution is 6.07. The van der Waals surface area contributed by atoms with E-state index in [2.05, 4.69) is 12.1 Å². The van der Waals surface area contributed by atoms with Crippen molar-refractivity contribution in [2.75, 3.05) is 13.3 Å². The largest absolute Gasteiger partial charge is 0.463 e. The predicted molar refractivity (Wildman–Crippen MR) is 120 cm³/mol. The molecule has 0 radical (unpaired) electrons. The molecule has 1 saturated heterocycles. The molecule has 0 N–H and O–H groups in total. The summed E-state index contributed by atoms with van der Waals surface area (Å²) >= 11 is 0. The number of carbonyl (C=O) groups is 2. The minimum Gasteiger partial charge on any atom is -0.463 e. The van der Waals surface area contributed by atoms with Crippen molar-refractivity contribution in [1.82, 2.24) is 9.80 Å². The number of nitrogens with zero attached hydrogens (tertiary/aromatic N) is 2. The fourth-order valence-electron chi connectivity index (χ4n) is 4.88. The molecular formula is C26H24N2O5. The maximum absolute atomic E-state index is 13.7. The van der Waals surface area contributed by atoms with E-state index in [1.165, 1.54) is 10.5 Å². The number of benzene rings is 2. The van der Waals surface area contributed by atoms with Gasteiger partial charge in [0.15, 0.2) is 23.0 Å². The number of allylic oxidation sites excluding steroid dienone is 2. The smallest absolute Gasteiger partial charge is 0.275 e. The van der Waals surface area contributed by atoms with Crippen LogP contribution in [-0.2, 0) is 20.7 Å². The highest BCUT2D eigenvalue weighted by Crippen LogP contribution is 2.48. The van der Waals surface area contributed by atoms with Crippen molar-refractivity contribution in [2.24, 2.45) is 0 Å². The van der Waals surface area contributed by atoms with Crippen molar-refractivity contribution in [3.05, 3.63) is 76.7 Å². The van der Waals surface area contributed by atoms with Gasteiger partial charge in [-0.1, -0.05) is 37.3 Å². The third-order valence-corrected chi connectivity index (χ3v) is 6.84. The summed E-state index contributed by atoms with van der Waals surface area (Å²) in [5, 5.41) is 0. The van der Waals surface area contributed by atoms with Gasteiger partial charge in [-0.05, 0) is 49.1 Å². The maximum Gasteiger partial charge on any atom is 0.275 e. The fourth-order valence-corrected chi connectivity index (χ4v) is 4.88. The Morgan fingerprint density at radius 3 is 2.76 bits per heavy atom. The molecule has 1 fully saturated rings. The van der Waals surface area contributed by atoms with Gasteiger partial charge in [0.2, 0.25) is 18.9 Å². The van der Waals surface area contributed by atoms with Crippen LogP contribution in [0.15, 0.2) is 60.0 Å². The average molecular weight is 444 g/mol. The number of fused-ring (bicyclic) bond motifs is 3. The summed E-state index contributed by atoms with van der Waals surface area (Å²) in [6, 6.07) is 13.5. The van der Waals surface area contributed by atoms with Gasteiger partial charge in [-0.25, -0.2) is 0 Å².